The molecule has 1 fully saturated rings. The molecule has 1 aliphatic rings. The predicted molar refractivity (Wildman–Crippen MR) is 76.5 cm³/mol. The number of hydrogen-bond acceptors (Lipinski definition) is 5. The SMILES string of the molecule is CC(C=CC1(O)C(C)(C)CC(O)CC1(O)CO)=CC(=O)O. The number of carbonyl (C=O) groups is 1. The first-order valence-electron chi connectivity index (χ1n) is 6.81. The van der Waals surface area contributed by atoms with E-state index >= 15 is 0 Å². The Balaban J connectivity index is 3.24. The summed E-state index contributed by atoms with van der Waals surface area (Å²) in [4.78, 5) is 10.6. The molecule has 3 atom stereocenters. The molecule has 0 radical (unpaired) electrons. The lowest BCUT2D eigenvalue weighted by molar-refractivity contribution is -0.237. The van der Waals surface area contributed by atoms with E-state index in [1.807, 2.05) is 0 Å². The average molecular weight is 300 g/mol. The quantitative estimate of drug-likeness (QED) is 0.374. The van der Waals surface area contributed by atoms with E-state index in [1.54, 1.807) is 20.8 Å². The highest BCUT2D eigenvalue weighted by atomic mass is 16.4. The highest BCUT2D eigenvalue weighted by Gasteiger charge is 2.60. The lowest BCUT2D eigenvalue weighted by Gasteiger charge is -2.55. The fourth-order valence-electron chi connectivity index (χ4n) is 3.05. The van der Waals surface area contributed by atoms with Gasteiger partial charge in [0.1, 0.15) is 11.2 Å². The first-order valence-corrected chi connectivity index (χ1v) is 6.81. The number of rotatable bonds is 4. The molecule has 0 spiro atoms. The highest BCUT2D eigenvalue weighted by molar-refractivity contribution is 5.81. The summed E-state index contributed by atoms with van der Waals surface area (Å²) < 4.78 is 0. The van der Waals surface area contributed by atoms with Gasteiger partial charge in [-0.05, 0) is 25.0 Å². The van der Waals surface area contributed by atoms with Crippen LogP contribution in [0, 0.1) is 5.41 Å². The summed E-state index contributed by atoms with van der Waals surface area (Å²) in [7, 11) is 0. The van der Waals surface area contributed by atoms with Crippen LogP contribution in [0.1, 0.15) is 33.6 Å². The van der Waals surface area contributed by atoms with Crippen LogP contribution in [-0.4, -0.2) is 55.4 Å². The van der Waals surface area contributed by atoms with Crippen LogP contribution in [0.2, 0.25) is 0 Å². The van der Waals surface area contributed by atoms with Gasteiger partial charge in [-0.25, -0.2) is 4.79 Å². The number of aliphatic hydroxyl groups excluding tert-OH is 2. The van der Waals surface area contributed by atoms with E-state index in [-0.39, 0.29) is 12.8 Å². The first kappa shape index (κ1) is 17.8. The first-order chi connectivity index (χ1) is 9.47. The van der Waals surface area contributed by atoms with Crippen LogP contribution in [-0.2, 0) is 4.79 Å². The predicted octanol–water partition coefficient (Wildman–Crippen LogP) is 0.209. The van der Waals surface area contributed by atoms with E-state index in [1.165, 1.54) is 12.2 Å². The smallest absolute Gasteiger partial charge is 0.328 e. The van der Waals surface area contributed by atoms with Crippen molar-refractivity contribution in [1.29, 1.82) is 0 Å². The third-order valence-corrected chi connectivity index (χ3v) is 4.26. The number of carboxylic acids is 1. The number of hydrogen-bond donors (Lipinski definition) is 5. The molecule has 5 N–H and O–H groups in total. The average Bonchev–Trinajstić information content (AvgIpc) is 2.32. The zero-order valence-corrected chi connectivity index (χ0v) is 12.6. The molecule has 21 heavy (non-hydrogen) atoms. The zero-order valence-electron chi connectivity index (χ0n) is 12.6. The van der Waals surface area contributed by atoms with Crippen molar-refractivity contribution in [3.05, 3.63) is 23.8 Å². The van der Waals surface area contributed by atoms with Gasteiger partial charge in [-0.15, -0.1) is 0 Å². The minimum Gasteiger partial charge on any atom is -0.478 e. The maximum Gasteiger partial charge on any atom is 0.328 e. The van der Waals surface area contributed by atoms with Gasteiger partial charge >= 0.3 is 5.97 Å². The summed E-state index contributed by atoms with van der Waals surface area (Å²) >= 11 is 0. The monoisotopic (exact) mass is 300 g/mol. The van der Waals surface area contributed by atoms with E-state index in [0.29, 0.717) is 5.57 Å². The van der Waals surface area contributed by atoms with Gasteiger partial charge in [-0.3, -0.25) is 0 Å². The van der Waals surface area contributed by atoms with Gasteiger partial charge < -0.3 is 25.5 Å². The van der Waals surface area contributed by atoms with Crippen molar-refractivity contribution in [2.45, 2.75) is 50.9 Å². The summed E-state index contributed by atoms with van der Waals surface area (Å²) in [5.41, 5.74) is -4.20. The second kappa shape index (κ2) is 5.88. The molecule has 1 rings (SSSR count). The van der Waals surface area contributed by atoms with Crippen molar-refractivity contribution in [3.8, 4) is 0 Å². The van der Waals surface area contributed by atoms with Crippen LogP contribution in [0.25, 0.3) is 0 Å². The molecule has 0 aromatic carbocycles. The Hall–Kier alpha value is -1.21. The molecule has 0 aliphatic heterocycles. The van der Waals surface area contributed by atoms with E-state index in [2.05, 4.69) is 0 Å². The van der Waals surface area contributed by atoms with Gasteiger partial charge in [-0.2, -0.15) is 0 Å². The molecule has 0 amide bonds. The van der Waals surface area contributed by atoms with Crippen LogP contribution in [0.4, 0.5) is 0 Å². The zero-order chi connectivity index (χ0) is 16.5. The Kier molecular flexibility index (Phi) is 5.00. The minimum atomic E-state index is -1.89. The van der Waals surface area contributed by atoms with Crippen molar-refractivity contribution < 1.29 is 30.3 Å². The minimum absolute atomic E-state index is 0.157. The summed E-state index contributed by atoms with van der Waals surface area (Å²) in [6.45, 7) is 4.19. The van der Waals surface area contributed by atoms with Gasteiger partial charge in [0.15, 0.2) is 0 Å². The van der Waals surface area contributed by atoms with E-state index in [9.17, 15) is 25.2 Å². The van der Waals surface area contributed by atoms with Gasteiger partial charge in [0.2, 0.25) is 0 Å². The lowest BCUT2D eigenvalue weighted by atomic mass is 9.57. The van der Waals surface area contributed by atoms with Gasteiger partial charge in [0, 0.05) is 17.9 Å². The second-order valence-electron chi connectivity index (χ2n) is 6.46. The molecule has 1 aliphatic carbocycles. The number of aliphatic hydroxyl groups is 4. The number of aliphatic carboxylic acids is 1. The largest absolute Gasteiger partial charge is 0.478 e. The molecular weight excluding hydrogens is 276 g/mol. The van der Waals surface area contributed by atoms with Crippen LogP contribution in [0.5, 0.6) is 0 Å². The third-order valence-electron chi connectivity index (χ3n) is 4.26. The van der Waals surface area contributed by atoms with Crippen LogP contribution in [0.15, 0.2) is 23.8 Å². The van der Waals surface area contributed by atoms with Crippen LogP contribution in [0.3, 0.4) is 0 Å². The summed E-state index contributed by atoms with van der Waals surface area (Å²) in [6.07, 6.45) is 2.94. The van der Waals surface area contributed by atoms with Crippen molar-refractivity contribution in [2.24, 2.45) is 5.41 Å². The van der Waals surface area contributed by atoms with Crippen molar-refractivity contribution in [1.82, 2.24) is 0 Å². The van der Waals surface area contributed by atoms with Crippen molar-refractivity contribution >= 4 is 5.97 Å². The molecule has 1 saturated carbocycles. The Labute approximate surface area is 124 Å². The Morgan fingerprint density at radius 1 is 1.29 bits per heavy atom. The summed E-state index contributed by atoms with van der Waals surface area (Å²) in [5.74, 6) is -1.11. The maximum atomic E-state index is 10.9. The maximum absolute atomic E-state index is 10.9. The molecule has 6 nitrogen and oxygen atoms in total. The number of carboxylic acid groups (broad SMARTS) is 1. The Morgan fingerprint density at radius 3 is 2.33 bits per heavy atom. The summed E-state index contributed by atoms with van der Waals surface area (Å²) in [6, 6.07) is 0. The Bertz CT molecular complexity index is 467. The fraction of sp³-hybridized carbons (Fsp3) is 0.667. The fourth-order valence-corrected chi connectivity index (χ4v) is 3.05. The van der Waals surface area contributed by atoms with Crippen LogP contribution >= 0.6 is 0 Å². The van der Waals surface area contributed by atoms with Gasteiger partial charge in [-0.1, -0.05) is 19.9 Å². The van der Waals surface area contributed by atoms with Crippen LogP contribution < -0.4 is 0 Å². The lowest BCUT2D eigenvalue weighted by Crippen LogP contribution is -2.68. The van der Waals surface area contributed by atoms with E-state index in [4.69, 9.17) is 5.11 Å². The molecule has 0 bridgehead atoms. The summed E-state index contributed by atoms with van der Waals surface area (Å²) in [5, 5.41) is 49.5. The normalized spacial score (nSPS) is 36.9. The Morgan fingerprint density at radius 2 is 1.86 bits per heavy atom. The van der Waals surface area contributed by atoms with E-state index < -0.39 is 35.3 Å². The molecular formula is C15H24O6. The molecule has 0 aromatic rings. The highest BCUT2D eigenvalue weighted by Crippen LogP contribution is 2.50. The molecule has 0 aromatic heterocycles. The molecule has 6 heteroatoms. The third kappa shape index (κ3) is 3.35. The van der Waals surface area contributed by atoms with Gasteiger partial charge in [0.05, 0.1) is 12.7 Å². The molecule has 120 valence electrons. The number of allylic oxidation sites excluding steroid dienone is 2. The molecule has 3 unspecified atom stereocenters. The second-order valence-corrected chi connectivity index (χ2v) is 6.46. The molecule has 0 heterocycles. The van der Waals surface area contributed by atoms with Gasteiger partial charge in [0.25, 0.3) is 0 Å². The van der Waals surface area contributed by atoms with Crippen molar-refractivity contribution in [2.75, 3.05) is 6.61 Å². The van der Waals surface area contributed by atoms with E-state index in [0.717, 1.165) is 6.08 Å². The topological polar surface area (TPSA) is 118 Å². The standard InChI is InChI=1S/C15H24O6/c1-10(6-12(18)19)4-5-15(21)13(2,3)7-11(17)8-14(15,20)9-16/h4-6,11,16-17,20-21H,7-9H2,1-3H3,(H,18,19). The molecule has 0 saturated heterocycles. The van der Waals surface area contributed by atoms with Crippen molar-refractivity contribution in [3.63, 3.8) is 0 Å².